The SMILES string of the molecule is C=C(C)C(=O)OCOC(=O)CC(=O)CC. The van der Waals surface area contributed by atoms with Crippen molar-refractivity contribution in [1.82, 2.24) is 0 Å². The maximum Gasteiger partial charge on any atom is 0.335 e. The van der Waals surface area contributed by atoms with Gasteiger partial charge in [0.05, 0.1) is 0 Å². The molecule has 0 bridgehead atoms. The Hall–Kier alpha value is -1.65. The van der Waals surface area contributed by atoms with Crippen molar-refractivity contribution in [1.29, 1.82) is 0 Å². The fraction of sp³-hybridized carbons (Fsp3) is 0.500. The summed E-state index contributed by atoms with van der Waals surface area (Å²) in [5.41, 5.74) is 0.218. The maximum atomic E-state index is 10.9. The summed E-state index contributed by atoms with van der Waals surface area (Å²) in [4.78, 5) is 32.5. The number of ether oxygens (including phenoxy) is 2. The highest BCUT2D eigenvalue weighted by atomic mass is 16.7. The number of carbonyl (C=O) groups excluding carboxylic acids is 3. The van der Waals surface area contributed by atoms with Crippen molar-refractivity contribution in [3.05, 3.63) is 12.2 Å². The van der Waals surface area contributed by atoms with Gasteiger partial charge in [-0.3, -0.25) is 9.59 Å². The molecule has 0 heterocycles. The highest BCUT2D eigenvalue weighted by Gasteiger charge is 2.10. The summed E-state index contributed by atoms with van der Waals surface area (Å²) in [7, 11) is 0. The largest absolute Gasteiger partial charge is 0.428 e. The van der Waals surface area contributed by atoms with E-state index in [1.165, 1.54) is 6.92 Å². The van der Waals surface area contributed by atoms with E-state index in [0.29, 0.717) is 0 Å². The fourth-order valence-electron chi connectivity index (χ4n) is 0.609. The van der Waals surface area contributed by atoms with Gasteiger partial charge in [-0.25, -0.2) is 4.79 Å². The second kappa shape index (κ2) is 6.75. The second-order valence-electron chi connectivity index (χ2n) is 2.92. The third kappa shape index (κ3) is 6.42. The van der Waals surface area contributed by atoms with Gasteiger partial charge >= 0.3 is 11.9 Å². The average molecular weight is 214 g/mol. The summed E-state index contributed by atoms with van der Waals surface area (Å²) in [5, 5.41) is 0. The molecule has 0 aliphatic carbocycles. The van der Waals surface area contributed by atoms with Gasteiger partial charge in [-0.15, -0.1) is 0 Å². The van der Waals surface area contributed by atoms with Gasteiger partial charge in [0, 0.05) is 12.0 Å². The highest BCUT2D eigenvalue weighted by Crippen LogP contribution is 1.95. The molecule has 15 heavy (non-hydrogen) atoms. The van der Waals surface area contributed by atoms with Gasteiger partial charge in [0.25, 0.3) is 0 Å². The molecule has 0 saturated heterocycles. The van der Waals surface area contributed by atoms with Crippen LogP contribution in [0.1, 0.15) is 26.7 Å². The van der Waals surface area contributed by atoms with E-state index in [1.54, 1.807) is 6.92 Å². The minimum Gasteiger partial charge on any atom is -0.428 e. The zero-order valence-electron chi connectivity index (χ0n) is 8.87. The van der Waals surface area contributed by atoms with E-state index in [4.69, 9.17) is 0 Å². The van der Waals surface area contributed by atoms with Gasteiger partial charge in [-0.2, -0.15) is 0 Å². The molecule has 0 radical (unpaired) electrons. The molecule has 0 unspecified atom stereocenters. The van der Waals surface area contributed by atoms with Crippen molar-refractivity contribution >= 4 is 17.7 Å². The van der Waals surface area contributed by atoms with E-state index in [0.717, 1.165) is 0 Å². The van der Waals surface area contributed by atoms with Crippen LogP contribution in [-0.4, -0.2) is 24.5 Å². The molecule has 0 spiro atoms. The molecule has 0 aromatic carbocycles. The highest BCUT2D eigenvalue weighted by molar-refractivity contribution is 5.95. The average Bonchev–Trinajstić information content (AvgIpc) is 2.17. The quantitative estimate of drug-likeness (QED) is 0.285. The van der Waals surface area contributed by atoms with Gasteiger partial charge in [-0.05, 0) is 6.92 Å². The first kappa shape index (κ1) is 13.4. The molecule has 0 aromatic heterocycles. The van der Waals surface area contributed by atoms with Crippen LogP contribution < -0.4 is 0 Å². The number of rotatable bonds is 6. The van der Waals surface area contributed by atoms with E-state index in [9.17, 15) is 14.4 Å². The van der Waals surface area contributed by atoms with Crippen LogP contribution in [-0.2, 0) is 23.9 Å². The Balaban J connectivity index is 3.69. The minimum absolute atomic E-state index is 0.216. The Morgan fingerprint density at radius 2 is 1.80 bits per heavy atom. The number of carbonyl (C=O) groups is 3. The molecule has 0 N–H and O–H groups in total. The minimum atomic E-state index is -0.698. The van der Waals surface area contributed by atoms with Crippen LogP contribution in [0, 0.1) is 0 Å². The summed E-state index contributed by atoms with van der Waals surface area (Å²) in [5.74, 6) is -1.55. The Morgan fingerprint density at radius 3 is 2.27 bits per heavy atom. The molecule has 0 aliphatic rings. The van der Waals surface area contributed by atoms with Crippen molar-refractivity contribution in [3.8, 4) is 0 Å². The lowest BCUT2D eigenvalue weighted by molar-refractivity contribution is -0.164. The predicted molar refractivity (Wildman–Crippen MR) is 51.8 cm³/mol. The van der Waals surface area contributed by atoms with E-state index >= 15 is 0 Å². The van der Waals surface area contributed by atoms with Crippen LogP contribution in [0.2, 0.25) is 0 Å². The maximum absolute atomic E-state index is 10.9. The van der Waals surface area contributed by atoms with Crippen LogP contribution >= 0.6 is 0 Å². The first-order valence-electron chi connectivity index (χ1n) is 4.47. The molecular formula is C10H14O5. The molecule has 0 aliphatic heterocycles. The zero-order chi connectivity index (χ0) is 11.8. The lowest BCUT2D eigenvalue weighted by Gasteiger charge is -2.04. The van der Waals surface area contributed by atoms with Gasteiger partial charge in [0.2, 0.25) is 6.79 Å². The van der Waals surface area contributed by atoms with Crippen LogP contribution in [0.15, 0.2) is 12.2 Å². The molecule has 0 atom stereocenters. The first-order chi connectivity index (χ1) is 6.97. The van der Waals surface area contributed by atoms with Gasteiger partial charge in [-0.1, -0.05) is 13.5 Å². The third-order valence-electron chi connectivity index (χ3n) is 1.49. The lowest BCUT2D eigenvalue weighted by Crippen LogP contribution is -2.15. The van der Waals surface area contributed by atoms with Gasteiger partial charge < -0.3 is 9.47 Å². The summed E-state index contributed by atoms with van der Waals surface area (Å²) in [6.07, 6.45) is -0.0121. The summed E-state index contributed by atoms with van der Waals surface area (Å²) in [6, 6.07) is 0. The van der Waals surface area contributed by atoms with E-state index in [1.807, 2.05) is 0 Å². The molecule has 5 heteroatoms. The fourth-order valence-corrected chi connectivity index (χ4v) is 0.609. The third-order valence-corrected chi connectivity index (χ3v) is 1.49. The molecule has 0 saturated carbocycles. The van der Waals surface area contributed by atoms with Gasteiger partial charge in [0.15, 0.2) is 0 Å². The zero-order valence-corrected chi connectivity index (χ0v) is 8.87. The van der Waals surface area contributed by atoms with E-state index in [2.05, 4.69) is 16.1 Å². The van der Waals surface area contributed by atoms with Gasteiger partial charge in [0.1, 0.15) is 12.2 Å². The van der Waals surface area contributed by atoms with Crippen molar-refractivity contribution in [2.24, 2.45) is 0 Å². The number of Topliss-reactive ketones (excluding diaryl/α,β-unsaturated/α-hetero) is 1. The topological polar surface area (TPSA) is 69.7 Å². The summed E-state index contributed by atoms with van der Waals surface area (Å²) >= 11 is 0. The Bertz CT molecular complexity index is 280. The van der Waals surface area contributed by atoms with Crippen LogP contribution in [0.3, 0.4) is 0 Å². The smallest absolute Gasteiger partial charge is 0.335 e. The molecule has 0 amide bonds. The molecule has 0 aromatic rings. The van der Waals surface area contributed by atoms with Crippen molar-refractivity contribution in [3.63, 3.8) is 0 Å². The predicted octanol–water partition coefficient (Wildman–Crippen LogP) is 0.976. The van der Waals surface area contributed by atoms with Crippen LogP contribution in [0.5, 0.6) is 0 Å². The summed E-state index contributed by atoms with van der Waals surface area (Å²) < 4.78 is 8.99. The molecule has 0 fully saturated rings. The van der Waals surface area contributed by atoms with Crippen molar-refractivity contribution in [2.75, 3.05) is 6.79 Å². The Morgan fingerprint density at radius 1 is 1.20 bits per heavy atom. The normalized spacial score (nSPS) is 9.20. The number of hydrogen-bond donors (Lipinski definition) is 0. The lowest BCUT2D eigenvalue weighted by atomic mass is 10.2. The standard InChI is InChI=1S/C10H14O5/c1-4-8(11)5-9(12)14-6-15-10(13)7(2)3/h2,4-6H2,1,3H3. The summed E-state index contributed by atoms with van der Waals surface area (Å²) in [6.45, 7) is 5.99. The number of hydrogen-bond acceptors (Lipinski definition) is 5. The molecular weight excluding hydrogens is 200 g/mol. The van der Waals surface area contributed by atoms with E-state index < -0.39 is 18.7 Å². The Labute approximate surface area is 88.0 Å². The molecule has 84 valence electrons. The van der Waals surface area contributed by atoms with Crippen LogP contribution in [0.4, 0.5) is 0 Å². The molecule has 0 rings (SSSR count). The van der Waals surface area contributed by atoms with Crippen LogP contribution in [0.25, 0.3) is 0 Å². The Kier molecular flexibility index (Phi) is 6.01. The monoisotopic (exact) mass is 214 g/mol. The van der Waals surface area contributed by atoms with Crippen molar-refractivity contribution in [2.45, 2.75) is 26.7 Å². The first-order valence-corrected chi connectivity index (χ1v) is 4.47. The molecule has 5 nitrogen and oxygen atoms in total. The number of ketones is 1. The van der Waals surface area contributed by atoms with Crippen molar-refractivity contribution < 1.29 is 23.9 Å². The van der Waals surface area contributed by atoms with E-state index in [-0.39, 0.29) is 24.2 Å². The second-order valence-corrected chi connectivity index (χ2v) is 2.92. The number of esters is 2.